The maximum atomic E-state index is 12.2. The third-order valence-corrected chi connectivity index (χ3v) is 5.24. The highest BCUT2D eigenvalue weighted by Crippen LogP contribution is 2.32. The summed E-state index contributed by atoms with van der Waals surface area (Å²) < 4.78 is 0. The third-order valence-electron chi connectivity index (χ3n) is 5.01. The second kappa shape index (κ2) is 6.45. The molecule has 0 radical (unpaired) electrons. The molecule has 0 aliphatic heterocycles. The predicted octanol–water partition coefficient (Wildman–Crippen LogP) is 4.43. The van der Waals surface area contributed by atoms with Crippen LogP contribution in [0.3, 0.4) is 0 Å². The zero-order valence-corrected chi connectivity index (χ0v) is 14.2. The van der Waals surface area contributed by atoms with Crippen molar-refractivity contribution in [2.24, 2.45) is 0 Å². The van der Waals surface area contributed by atoms with Gasteiger partial charge in [-0.05, 0) is 54.0 Å². The fourth-order valence-electron chi connectivity index (χ4n) is 3.91. The van der Waals surface area contributed by atoms with Gasteiger partial charge in [0.05, 0.1) is 0 Å². The number of hydrogen-bond donors (Lipinski definition) is 1. The zero-order valence-electron chi connectivity index (χ0n) is 13.5. The third kappa shape index (κ3) is 3.25. The molecule has 2 aromatic carbocycles. The van der Waals surface area contributed by atoms with E-state index in [0.717, 1.165) is 35.5 Å². The minimum absolute atomic E-state index is 0.198. The van der Waals surface area contributed by atoms with E-state index in [2.05, 4.69) is 35.6 Å². The van der Waals surface area contributed by atoms with Crippen LogP contribution in [-0.4, -0.2) is 11.8 Å². The Morgan fingerprint density at radius 3 is 2.38 bits per heavy atom. The van der Waals surface area contributed by atoms with Gasteiger partial charge in [0, 0.05) is 29.3 Å². The number of nitrogens with one attached hydrogen (secondary N) is 1. The van der Waals surface area contributed by atoms with E-state index in [1.54, 1.807) is 6.08 Å². The highest BCUT2D eigenvalue weighted by Gasteiger charge is 2.26. The fourth-order valence-corrected chi connectivity index (χ4v) is 4.11. The average molecular weight is 338 g/mol. The van der Waals surface area contributed by atoms with Crippen molar-refractivity contribution in [2.75, 3.05) is 0 Å². The summed E-state index contributed by atoms with van der Waals surface area (Å²) in [6.07, 6.45) is 5.30. The Bertz CT molecular complexity index is 786. The number of hydrogen-bond acceptors (Lipinski definition) is 2. The van der Waals surface area contributed by atoms with Crippen LogP contribution in [0.15, 0.2) is 60.3 Å². The van der Waals surface area contributed by atoms with Gasteiger partial charge in [0.25, 0.3) is 0 Å². The van der Waals surface area contributed by atoms with E-state index in [9.17, 15) is 4.79 Å². The Kier molecular flexibility index (Phi) is 4.15. The lowest BCUT2D eigenvalue weighted by atomic mass is 9.85. The normalized spacial score (nSPS) is 20.6. The summed E-state index contributed by atoms with van der Waals surface area (Å²) in [5, 5.41) is 4.35. The molecular formula is C21H20ClNO. The van der Waals surface area contributed by atoms with Crippen LogP contribution < -0.4 is 5.32 Å². The molecule has 1 N–H and O–H groups in total. The number of allylic oxidation sites excluding steroid dienone is 2. The number of fused-ring (bicyclic) bond motifs is 1. The highest BCUT2D eigenvalue weighted by atomic mass is 35.5. The number of carbonyl (C=O) groups excluding carboxylic acids is 1. The van der Waals surface area contributed by atoms with Crippen molar-refractivity contribution in [1.29, 1.82) is 0 Å². The van der Waals surface area contributed by atoms with Crippen molar-refractivity contribution >= 4 is 17.4 Å². The standard InChI is InChI=1S/C21H20ClNO/c22-18-7-3-6-14(8-18)17-11-20(13-21(24)12-17)23-19-9-15-4-1-2-5-16(15)10-19/h1-8,13,17,19,23H,9-12H2. The predicted molar refractivity (Wildman–Crippen MR) is 97.3 cm³/mol. The summed E-state index contributed by atoms with van der Waals surface area (Å²) in [6, 6.07) is 16.9. The van der Waals surface area contributed by atoms with E-state index >= 15 is 0 Å². The molecule has 2 aromatic rings. The summed E-state index contributed by atoms with van der Waals surface area (Å²) in [5.74, 6) is 0.414. The molecule has 122 valence electrons. The monoisotopic (exact) mass is 337 g/mol. The highest BCUT2D eigenvalue weighted by molar-refractivity contribution is 6.30. The van der Waals surface area contributed by atoms with Crippen molar-refractivity contribution < 1.29 is 4.79 Å². The van der Waals surface area contributed by atoms with Gasteiger partial charge in [0.15, 0.2) is 5.78 Å². The van der Waals surface area contributed by atoms with Crippen molar-refractivity contribution in [3.8, 4) is 0 Å². The largest absolute Gasteiger partial charge is 0.385 e. The molecule has 3 heteroatoms. The van der Waals surface area contributed by atoms with Crippen molar-refractivity contribution in [3.63, 3.8) is 0 Å². The van der Waals surface area contributed by atoms with Crippen LogP contribution in [-0.2, 0) is 17.6 Å². The van der Waals surface area contributed by atoms with Gasteiger partial charge in [-0.3, -0.25) is 4.79 Å². The quantitative estimate of drug-likeness (QED) is 0.897. The smallest absolute Gasteiger partial charge is 0.158 e. The zero-order chi connectivity index (χ0) is 16.5. The van der Waals surface area contributed by atoms with Gasteiger partial charge in [-0.25, -0.2) is 0 Å². The van der Waals surface area contributed by atoms with E-state index in [1.165, 1.54) is 11.1 Å². The number of carbonyl (C=O) groups is 1. The molecule has 1 unspecified atom stereocenters. The molecular weight excluding hydrogens is 318 g/mol. The first-order chi connectivity index (χ1) is 11.7. The van der Waals surface area contributed by atoms with E-state index in [4.69, 9.17) is 11.6 Å². The van der Waals surface area contributed by atoms with Gasteiger partial charge in [0.1, 0.15) is 0 Å². The molecule has 0 amide bonds. The first kappa shape index (κ1) is 15.5. The molecule has 1 atom stereocenters. The molecule has 0 spiro atoms. The first-order valence-corrected chi connectivity index (χ1v) is 8.87. The van der Waals surface area contributed by atoms with Gasteiger partial charge in [0.2, 0.25) is 0 Å². The van der Waals surface area contributed by atoms with Crippen molar-refractivity contribution in [1.82, 2.24) is 5.32 Å². The molecule has 0 fully saturated rings. The van der Waals surface area contributed by atoms with Gasteiger partial charge in [-0.2, -0.15) is 0 Å². The van der Waals surface area contributed by atoms with Crippen LogP contribution in [0.1, 0.15) is 35.4 Å². The van der Waals surface area contributed by atoms with Crippen LogP contribution in [0.5, 0.6) is 0 Å². The summed E-state index contributed by atoms with van der Waals surface area (Å²) in [5.41, 5.74) is 5.06. The summed E-state index contributed by atoms with van der Waals surface area (Å²) in [4.78, 5) is 12.2. The van der Waals surface area contributed by atoms with Gasteiger partial charge in [-0.1, -0.05) is 48.0 Å². The van der Waals surface area contributed by atoms with E-state index in [1.807, 2.05) is 18.2 Å². The minimum atomic E-state index is 0.198. The second-order valence-corrected chi connectivity index (χ2v) is 7.25. The number of benzene rings is 2. The van der Waals surface area contributed by atoms with Gasteiger partial charge in [-0.15, -0.1) is 0 Å². The lowest BCUT2D eigenvalue weighted by molar-refractivity contribution is -0.115. The number of rotatable bonds is 3. The molecule has 0 saturated heterocycles. The van der Waals surface area contributed by atoms with Gasteiger partial charge >= 0.3 is 0 Å². The van der Waals surface area contributed by atoms with Crippen LogP contribution >= 0.6 is 11.6 Å². The van der Waals surface area contributed by atoms with Gasteiger partial charge < -0.3 is 5.32 Å². The van der Waals surface area contributed by atoms with E-state index < -0.39 is 0 Å². The van der Waals surface area contributed by atoms with Crippen molar-refractivity contribution in [2.45, 2.75) is 37.6 Å². The first-order valence-electron chi connectivity index (χ1n) is 8.49. The molecule has 4 rings (SSSR count). The topological polar surface area (TPSA) is 29.1 Å². The fraction of sp³-hybridized carbons (Fsp3) is 0.286. The maximum absolute atomic E-state index is 12.2. The molecule has 0 heterocycles. The molecule has 2 aliphatic carbocycles. The Balaban J connectivity index is 1.47. The maximum Gasteiger partial charge on any atom is 0.158 e. The van der Waals surface area contributed by atoms with Crippen LogP contribution in [0.4, 0.5) is 0 Å². The van der Waals surface area contributed by atoms with Crippen molar-refractivity contribution in [3.05, 3.63) is 82.0 Å². The average Bonchev–Trinajstić information content (AvgIpc) is 2.96. The Hall–Kier alpha value is -2.06. The van der Waals surface area contributed by atoms with Crippen LogP contribution in [0, 0.1) is 0 Å². The van der Waals surface area contributed by atoms with Crippen LogP contribution in [0.25, 0.3) is 0 Å². The SMILES string of the molecule is O=C1C=C(NC2Cc3ccccc3C2)CC(c2cccc(Cl)c2)C1. The lowest BCUT2D eigenvalue weighted by Gasteiger charge is -2.26. The summed E-state index contributed by atoms with van der Waals surface area (Å²) in [7, 11) is 0. The lowest BCUT2D eigenvalue weighted by Crippen LogP contribution is -2.32. The molecule has 2 aliphatic rings. The molecule has 0 aromatic heterocycles. The Morgan fingerprint density at radius 2 is 1.67 bits per heavy atom. The molecule has 24 heavy (non-hydrogen) atoms. The molecule has 2 nitrogen and oxygen atoms in total. The minimum Gasteiger partial charge on any atom is -0.385 e. The van der Waals surface area contributed by atoms with E-state index in [-0.39, 0.29) is 11.7 Å². The Labute approximate surface area is 147 Å². The molecule has 0 saturated carbocycles. The van der Waals surface area contributed by atoms with E-state index in [0.29, 0.717) is 12.5 Å². The Morgan fingerprint density at radius 1 is 0.917 bits per heavy atom. The second-order valence-electron chi connectivity index (χ2n) is 6.81. The van der Waals surface area contributed by atoms with Crippen LogP contribution in [0.2, 0.25) is 5.02 Å². The molecule has 0 bridgehead atoms. The summed E-state index contributed by atoms with van der Waals surface area (Å²) in [6.45, 7) is 0. The summed E-state index contributed by atoms with van der Waals surface area (Å²) >= 11 is 6.11. The number of halogens is 1. The number of ketones is 1.